The van der Waals surface area contributed by atoms with E-state index < -0.39 is 5.60 Å². The van der Waals surface area contributed by atoms with Gasteiger partial charge in [0, 0.05) is 4.47 Å². The Morgan fingerprint density at radius 3 is 2.09 bits per heavy atom. The van der Waals surface area contributed by atoms with Gasteiger partial charge < -0.3 is 5.11 Å². The third-order valence-corrected chi connectivity index (χ3v) is 5.27. The Balaban J connectivity index is 0.000000183. The highest BCUT2D eigenvalue weighted by molar-refractivity contribution is 9.10. The number of hydrogen-bond donors (Lipinski definition) is 1. The van der Waals surface area contributed by atoms with Crippen molar-refractivity contribution >= 4 is 15.9 Å². The van der Waals surface area contributed by atoms with Crippen LogP contribution in [0.2, 0.25) is 0 Å². The van der Waals surface area contributed by atoms with Crippen LogP contribution in [0.4, 0.5) is 0 Å². The molecule has 0 heterocycles. The van der Waals surface area contributed by atoms with Crippen molar-refractivity contribution < 1.29 is 5.11 Å². The highest BCUT2D eigenvalue weighted by Gasteiger charge is 2.42. The largest absolute Gasteiger partial charge is 0.385 e. The van der Waals surface area contributed by atoms with Gasteiger partial charge >= 0.3 is 0 Å². The summed E-state index contributed by atoms with van der Waals surface area (Å²) in [4.78, 5) is 0. The molecule has 1 saturated carbocycles. The lowest BCUT2D eigenvalue weighted by Gasteiger charge is -2.45. The molecule has 2 unspecified atom stereocenters. The van der Waals surface area contributed by atoms with Gasteiger partial charge in [-0.25, -0.2) is 0 Å². The molecular formula is C21H25BrO. The van der Waals surface area contributed by atoms with Gasteiger partial charge in [-0.05, 0) is 65.5 Å². The first-order chi connectivity index (χ1) is 10.8. The van der Waals surface area contributed by atoms with Gasteiger partial charge in [0.25, 0.3) is 0 Å². The van der Waals surface area contributed by atoms with E-state index in [0.29, 0.717) is 5.92 Å². The van der Waals surface area contributed by atoms with Gasteiger partial charge in [0.05, 0.1) is 5.60 Å². The molecule has 3 aliphatic carbocycles. The second-order valence-corrected chi connectivity index (χ2v) is 8.90. The van der Waals surface area contributed by atoms with Crippen molar-refractivity contribution in [2.24, 2.45) is 11.3 Å². The molecule has 4 rings (SSSR count). The van der Waals surface area contributed by atoms with Crippen LogP contribution in [0.15, 0.2) is 53.0 Å². The van der Waals surface area contributed by atoms with E-state index in [-0.39, 0.29) is 5.41 Å². The standard InChI is InChI=1S/C15H22O.C6H3Br/c1-12-9-14(2,3)11-15(16,10-12)13-7-5-4-6-8-13;7-6-2-4-1-5(4)3-6/h4-8,12,16H,9-11H2,1-3H3;1-3H. The maximum absolute atomic E-state index is 10.8. The van der Waals surface area contributed by atoms with Crippen LogP contribution in [-0.4, -0.2) is 5.11 Å². The van der Waals surface area contributed by atoms with Gasteiger partial charge in [-0.1, -0.05) is 67.0 Å². The summed E-state index contributed by atoms with van der Waals surface area (Å²) in [6.07, 6.45) is 2.97. The highest BCUT2D eigenvalue weighted by atomic mass is 79.9. The number of rotatable bonds is 1. The third-order valence-electron chi connectivity index (χ3n) is 4.82. The van der Waals surface area contributed by atoms with Crippen LogP contribution in [0.1, 0.15) is 45.6 Å². The minimum Gasteiger partial charge on any atom is -0.385 e. The molecular weight excluding hydrogens is 348 g/mol. The molecule has 1 aromatic carbocycles. The van der Waals surface area contributed by atoms with E-state index in [1.807, 2.05) is 30.3 Å². The lowest BCUT2D eigenvalue weighted by Crippen LogP contribution is -2.39. The fraction of sp³-hybridized carbons (Fsp3) is 0.429. The van der Waals surface area contributed by atoms with E-state index in [4.69, 9.17) is 0 Å². The SMILES string of the molecule is Brc1cc2cc-2c1.CC1CC(C)(C)CC(O)(c2ccccc2)C1. The minimum atomic E-state index is -0.623. The molecule has 122 valence electrons. The van der Waals surface area contributed by atoms with Crippen LogP contribution in [0.5, 0.6) is 0 Å². The normalized spacial score (nSPS) is 26.9. The number of fused-ring (bicyclic) bond motifs is 1. The van der Waals surface area contributed by atoms with Gasteiger partial charge in [0.2, 0.25) is 0 Å². The first-order valence-corrected chi connectivity index (χ1v) is 9.16. The van der Waals surface area contributed by atoms with Crippen molar-refractivity contribution in [2.45, 2.75) is 45.6 Å². The maximum atomic E-state index is 10.8. The molecule has 2 atom stereocenters. The van der Waals surface area contributed by atoms with E-state index in [1.165, 1.54) is 22.0 Å². The molecule has 0 aromatic heterocycles. The van der Waals surface area contributed by atoms with E-state index in [9.17, 15) is 5.11 Å². The Kier molecular flexibility index (Phi) is 4.41. The molecule has 0 saturated heterocycles. The van der Waals surface area contributed by atoms with Crippen LogP contribution in [-0.2, 0) is 5.60 Å². The average molecular weight is 373 g/mol. The molecule has 0 aliphatic heterocycles. The van der Waals surface area contributed by atoms with Crippen molar-refractivity contribution in [2.75, 3.05) is 0 Å². The van der Waals surface area contributed by atoms with Crippen LogP contribution in [0.3, 0.4) is 0 Å². The zero-order valence-corrected chi connectivity index (χ0v) is 15.7. The molecule has 1 nitrogen and oxygen atoms in total. The average Bonchev–Trinajstić information content (AvgIpc) is 3.05. The lowest BCUT2D eigenvalue weighted by molar-refractivity contribution is -0.0635. The Labute approximate surface area is 147 Å². The molecule has 0 spiro atoms. The van der Waals surface area contributed by atoms with Crippen LogP contribution in [0, 0.1) is 11.3 Å². The molecule has 1 N–H and O–H groups in total. The minimum absolute atomic E-state index is 0.238. The quantitative estimate of drug-likeness (QED) is 0.542. The van der Waals surface area contributed by atoms with Crippen molar-refractivity contribution in [3.05, 3.63) is 58.6 Å². The summed E-state index contributed by atoms with van der Waals surface area (Å²) in [5.41, 5.74) is 3.48. The first-order valence-electron chi connectivity index (χ1n) is 8.36. The predicted molar refractivity (Wildman–Crippen MR) is 100 cm³/mol. The summed E-state index contributed by atoms with van der Waals surface area (Å²) in [5.74, 6) is 0.592. The Bertz CT molecular complexity index is 672. The Morgan fingerprint density at radius 1 is 1.00 bits per heavy atom. The van der Waals surface area contributed by atoms with Crippen molar-refractivity contribution in [1.82, 2.24) is 0 Å². The van der Waals surface area contributed by atoms with Crippen molar-refractivity contribution in [3.63, 3.8) is 0 Å². The molecule has 3 aliphatic rings. The van der Waals surface area contributed by atoms with Gasteiger partial charge in [-0.3, -0.25) is 0 Å². The van der Waals surface area contributed by atoms with Crippen molar-refractivity contribution in [3.8, 4) is 11.1 Å². The molecule has 1 aromatic rings. The summed E-state index contributed by atoms with van der Waals surface area (Å²) in [5, 5.41) is 10.8. The van der Waals surface area contributed by atoms with Crippen molar-refractivity contribution in [1.29, 1.82) is 0 Å². The summed E-state index contributed by atoms with van der Waals surface area (Å²) < 4.78 is 1.21. The predicted octanol–water partition coefficient (Wildman–Crippen LogP) is 6.15. The first kappa shape index (κ1) is 16.7. The van der Waals surface area contributed by atoms with Crippen LogP contribution in [0.25, 0.3) is 11.1 Å². The molecule has 23 heavy (non-hydrogen) atoms. The molecule has 0 bridgehead atoms. The zero-order chi connectivity index (χ0) is 16.7. The third kappa shape index (κ3) is 4.05. The zero-order valence-electron chi connectivity index (χ0n) is 14.1. The second kappa shape index (κ2) is 6.07. The fourth-order valence-electron chi connectivity index (χ4n) is 4.22. The van der Waals surface area contributed by atoms with Gasteiger partial charge in [-0.2, -0.15) is 0 Å². The maximum Gasteiger partial charge on any atom is 0.0904 e. The smallest absolute Gasteiger partial charge is 0.0904 e. The van der Waals surface area contributed by atoms with Gasteiger partial charge in [0.1, 0.15) is 0 Å². The molecule has 0 radical (unpaired) electrons. The Hall–Kier alpha value is -1.12. The van der Waals surface area contributed by atoms with Crippen LogP contribution < -0.4 is 0 Å². The summed E-state index contributed by atoms with van der Waals surface area (Å²) in [7, 11) is 0. The highest BCUT2D eigenvalue weighted by Crippen LogP contribution is 2.48. The molecule has 2 heteroatoms. The van der Waals surface area contributed by atoms with Gasteiger partial charge in [-0.15, -0.1) is 0 Å². The van der Waals surface area contributed by atoms with E-state index in [0.717, 1.165) is 18.4 Å². The number of benzene rings is 2. The summed E-state index contributed by atoms with van der Waals surface area (Å²) >= 11 is 3.35. The lowest BCUT2D eigenvalue weighted by atomic mass is 9.64. The summed E-state index contributed by atoms with van der Waals surface area (Å²) in [6.45, 7) is 6.77. The Morgan fingerprint density at radius 2 is 1.61 bits per heavy atom. The van der Waals surface area contributed by atoms with Crippen LogP contribution >= 0.6 is 15.9 Å². The fourth-order valence-corrected chi connectivity index (χ4v) is 4.71. The monoisotopic (exact) mass is 372 g/mol. The second-order valence-electron chi connectivity index (χ2n) is 7.98. The van der Waals surface area contributed by atoms with E-state index in [1.54, 1.807) is 0 Å². The van der Waals surface area contributed by atoms with Gasteiger partial charge in [0.15, 0.2) is 0 Å². The summed E-state index contributed by atoms with van der Waals surface area (Å²) in [6, 6.07) is 16.5. The molecule has 1 fully saturated rings. The number of hydrogen-bond acceptors (Lipinski definition) is 1. The number of halogens is 1. The van der Waals surface area contributed by atoms with E-state index in [2.05, 4.69) is 54.9 Å². The number of aliphatic hydroxyl groups is 1. The van der Waals surface area contributed by atoms with E-state index >= 15 is 0 Å². The molecule has 0 amide bonds. The topological polar surface area (TPSA) is 20.2 Å².